The molecule has 6 nitrogen and oxygen atoms in total. The average molecular weight is 334 g/mol. The highest BCUT2D eigenvalue weighted by Crippen LogP contribution is 2.62. The fourth-order valence-electron chi connectivity index (χ4n) is 3.96. The van der Waals surface area contributed by atoms with E-state index in [4.69, 9.17) is 9.47 Å². The number of rotatable bonds is 4. The van der Waals surface area contributed by atoms with Crippen LogP contribution in [-0.2, 0) is 26.2 Å². The molecule has 2 saturated heterocycles. The largest absolute Gasteiger partial charge is 0.465 e. The van der Waals surface area contributed by atoms with Crippen molar-refractivity contribution in [2.24, 2.45) is 5.41 Å². The predicted octanol–water partition coefficient (Wildman–Crippen LogP) is 2.04. The van der Waals surface area contributed by atoms with E-state index in [-0.39, 0.29) is 28.6 Å². The molecule has 1 atom stereocenters. The summed E-state index contributed by atoms with van der Waals surface area (Å²) in [4.78, 5) is 29.2. The summed E-state index contributed by atoms with van der Waals surface area (Å²) < 4.78 is 12.8. The third-order valence-electron chi connectivity index (χ3n) is 5.11. The molecule has 132 valence electrons. The van der Waals surface area contributed by atoms with Crippen molar-refractivity contribution >= 4 is 5.97 Å². The van der Waals surface area contributed by atoms with Gasteiger partial charge in [-0.2, -0.15) is 0 Å². The first-order valence-corrected chi connectivity index (χ1v) is 8.52. The number of nitrogens with zero attached hydrogens (tertiary/aromatic N) is 2. The molecule has 1 saturated carbocycles. The second-order valence-electron chi connectivity index (χ2n) is 8.30. The molecular formula is C18H26N2O4. The second kappa shape index (κ2) is 5.41. The summed E-state index contributed by atoms with van der Waals surface area (Å²) in [5.41, 5.74) is -0.435. The maximum atomic E-state index is 12.4. The minimum absolute atomic E-state index is 0.119. The topological polar surface area (TPSA) is 70.4 Å². The highest BCUT2D eigenvalue weighted by molar-refractivity contribution is 5.80. The molecule has 2 bridgehead atoms. The van der Waals surface area contributed by atoms with Crippen LogP contribution in [-0.4, -0.2) is 33.8 Å². The van der Waals surface area contributed by atoms with Crippen LogP contribution in [0, 0.1) is 5.41 Å². The Labute approximate surface area is 142 Å². The molecule has 0 N–H and O–H groups in total. The van der Waals surface area contributed by atoms with E-state index in [0.29, 0.717) is 26.0 Å². The molecule has 1 aliphatic carbocycles. The molecule has 3 fully saturated rings. The maximum Gasteiger partial charge on any atom is 0.315 e. The second-order valence-corrected chi connectivity index (χ2v) is 8.30. The number of hydrogen-bond acceptors (Lipinski definition) is 5. The molecule has 3 aliphatic rings. The molecule has 0 radical (unpaired) electrons. The number of aromatic nitrogens is 2. The van der Waals surface area contributed by atoms with E-state index in [1.165, 1.54) is 4.57 Å². The average Bonchev–Trinajstić information content (AvgIpc) is 2.88. The zero-order valence-corrected chi connectivity index (χ0v) is 15.1. The van der Waals surface area contributed by atoms with Crippen molar-refractivity contribution in [3.63, 3.8) is 0 Å². The van der Waals surface area contributed by atoms with Gasteiger partial charge in [0.2, 0.25) is 0 Å². The third kappa shape index (κ3) is 2.66. The zero-order chi connectivity index (χ0) is 17.8. The Kier molecular flexibility index (Phi) is 3.86. The summed E-state index contributed by atoms with van der Waals surface area (Å²) in [5.74, 6) is -0.211. The molecule has 3 heterocycles. The van der Waals surface area contributed by atoms with Crippen LogP contribution in [0.3, 0.4) is 0 Å². The lowest BCUT2D eigenvalue weighted by Crippen LogP contribution is -2.50. The van der Waals surface area contributed by atoms with Crippen LogP contribution in [0.1, 0.15) is 53.2 Å². The minimum atomic E-state index is -0.618. The Hall–Kier alpha value is -1.69. The van der Waals surface area contributed by atoms with Crippen molar-refractivity contribution in [3.8, 4) is 0 Å². The van der Waals surface area contributed by atoms with Gasteiger partial charge in [0.15, 0.2) is 0 Å². The molecule has 1 aromatic heterocycles. The van der Waals surface area contributed by atoms with E-state index in [2.05, 4.69) is 4.98 Å². The fourth-order valence-corrected chi connectivity index (χ4v) is 3.96. The van der Waals surface area contributed by atoms with Gasteiger partial charge in [-0.1, -0.05) is 20.8 Å². The Balaban J connectivity index is 1.83. The Bertz CT molecular complexity index is 710. The molecule has 24 heavy (non-hydrogen) atoms. The van der Waals surface area contributed by atoms with Crippen LogP contribution in [0.2, 0.25) is 0 Å². The molecular weight excluding hydrogens is 308 g/mol. The molecule has 2 aliphatic heterocycles. The van der Waals surface area contributed by atoms with Gasteiger partial charge >= 0.3 is 5.97 Å². The molecule has 6 heteroatoms. The molecule has 1 unspecified atom stereocenters. The first kappa shape index (κ1) is 17.1. The summed E-state index contributed by atoms with van der Waals surface area (Å²) in [7, 11) is 0. The number of carbonyl (C=O) groups is 1. The van der Waals surface area contributed by atoms with Crippen LogP contribution in [0.5, 0.6) is 0 Å². The quantitative estimate of drug-likeness (QED) is 0.788. The summed E-state index contributed by atoms with van der Waals surface area (Å²) in [6.07, 6.45) is 2.53. The number of carbonyl (C=O) groups excluding carboxylic acids is 1. The summed E-state index contributed by atoms with van der Waals surface area (Å²) in [5, 5.41) is 0. The predicted molar refractivity (Wildman–Crippen MR) is 88.8 cm³/mol. The first-order chi connectivity index (χ1) is 11.1. The van der Waals surface area contributed by atoms with Gasteiger partial charge in [0.25, 0.3) is 5.56 Å². The Morgan fingerprint density at radius 3 is 2.67 bits per heavy atom. The van der Waals surface area contributed by atoms with Crippen molar-refractivity contribution in [2.75, 3.05) is 6.61 Å². The van der Waals surface area contributed by atoms with E-state index in [9.17, 15) is 9.59 Å². The van der Waals surface area contributed by atoms with Crippen molar-refractivity contribution < 1.29 is 14.3 Å². The van der Waals surface area contributed by atoms with Gasteiger partial charge in [0, 0.05) is 11.5 Å². The van der Waals surface area contributed by atoms with Gasteiger partial charge in [-0.3, -0.25) is 14.2 Å². The highest BCUT2D eigenvalue weighted by atomic mass is 16.6. The molecule has 4 rings (SSSR count). The smallest absolute Gasteiger partial charge is 0.315 e. The number of esters is 1. The first-order valence-electron chi connectivity index (χ1n) is 8.52. The van der Waals surface area contributed by atoms with Gasteiger partial charge in [0.1, 0.15) is 5.41 Å². The normalized spacial score (nSPS) is 31.6. The van der Waals surface area contributed by atoms with Crippen LogP contribution in [0.25, 0.3) is 0 Å². The molecule has 0 spiro atoms. The molecule has 0 aromatic carbocycles. The maximum absolute atomic E-state index is 12.4. The van der Waals surface area contributed by atoms with Crippen molar-refractivity contribution in [3.05, 3.63) is 28.4 Å². The van der Waals surface area contributed by atoms with Crippen LogP contribution in [0.15, 0.2) is 17.2 Å². The minimum Gasteiger partial charge on any atom is -0.465 e. The Morgan fingerprint density at radius 1 is 1.46 bits per heavy atom. The van der Waals surface area contributed by atoms with E-state index >= 15 is 0 Å². The Morgan fingerprint density at radius 2 is 2.12 bits per heavy atom. The van der Waals surface area contributed by atoms with E-state index in [1.54, 1.807) is 19.3 Å². The standard InChI is InChI=1S/C18H26N2O4/c1-6-23-15(22)18-9-17(5,10-18)24-13(18)8-20-11-19-12(7-14(20)21)16(2,3)4/h7,11,13H,6,8-10H2,1-5H3. The number of fused-ring (bicyclic) bond motifs is 1. The van der Waals surface area contributed by atoms with Gasteiger partial charge in [-0.05, 0) is 26.7 Å². The lowest BCUT2D eigenvalue weighted by molar-refractivity contribution is -0.161. The summed E-state index contributed by atoms with van der Waals surface area (Å²) in [6.45, 7) is 10.5. The van der Waals surface area contributed by atoms with Crippen molar-refractivity contribution in [2.45, 2.75) is 71.1 Å². The lowest BCUT2D eigenvalue weighted by Gasteiger charge is -2.41. The van der Waals surface area contributed by atoms with Crippen molar-refractivity contribution in [1.82, 2.24) is 9.55 Å². The van der Waals surface area contributed by atoms with Gasteiger partial charge < -0.3 is 9.47 Å². The number of hydrogen-bond donors (Lipinski definition) is 0. The van der Waals surface area contributed by atoms with E-state index in [1.807, 2.05) is 27.7 Å². The van der Waals surface area contributed by atoms with E-state index < -0.39 is 5.41 Å². The van der Waals surface area contributed by atoms with Crippen LogP contribution in [0.4, 0.5) is 0 Å². The fraction of sp³-hybridized carbons (Fsp3) is 0.722. The summed E-state index contributed by atoms with van der Waals surface area (Å²) >= 11 is 0. The van der Waals surface area contributed by atoms with E-state index in [0.717, 1.165) is 5.69 Å². The molecule has 1 aromatic rings. The SMILES string of the molecule is CCOC(=O)C12CC(C)(C1)OC2Cn1cnc(C(C)(C)C)cc1=O. The lowest BCUT2D eigenvalue weighted by atomic mass is 9.60. The van der Waals surface area contributed by atoms with Gasteiger partial charge in [-0.25, -0.2) is 4.98 Å². The van der Waals surface area contributed by atoms with Crippen molar-refractivity contribution in [1.29, 1.82) is 0 Å². The summed E-state index contributed by atoms with van der Waals surface area (Å²) in [6, 6.07) is 1.57. The number of ether oxygens (including phenoxy) is 2. The van der Waals surface area contributed by atoms with Gasteiger partial charge in [0.05, 0.1) is 36.9 Å². The van der Waals surface area contributed by atoms with Gasteiger partial charge in [-0.15, -0.1) is 0 Å². The zero-order valence-electron chi connectivity index (χ0n) is 15.1. The van der Waals surface area contributed by atoms with Crippen LogP contribution >= 0.6 is 0 Å². The third-order valence-corrected chi connectivity index (χ3v) is 5.11. The molecule has 0 amide bonds. The highest BCUT2D eigenvalue weighted by Gasteiger charge is 2.70. The monoisotopic (exact) mass is 334 g/mol. The van der Waals surface area contributed by atoms with Crippen LogP contribution < -0.4 is 5.56 Å².